The molecule has 192 valence electrons. The minimum absolute atomic E-state index is 0.0466. The smallest absolute Gasteiger partial charge is 0.278 e. The summed E-state index contributed by atoms with van der Waals surface area (Å²) in [5, 5.41) is 3.59. The molecule has 1 N–H and O–H groups in total. The quantitative estimate of drug-likeness (QED) is 0.166. The van der Waals surface area contributed by atoms with E-state index in [1.165, 1.54) is 29.5 Å². The van der Waals surface area contributed by atoms with Gasteiger partial charge in [0.05, 0.1) is 23.7 Å². The Morgan fingerprint density at radius 2 is 1.84 bits per heavy atom. The van der Waals surface area contributed by atoms with Crippen molar-refractivity contribution < 1.29 is 9.53 Å². The highest BCUT2D eigenvalue weighted by Crippen LogP contribution is 2.31. The molecule has 1 amide bonds. The zero-order valence-electron chi connectivity index (χ0n) is 20.5. The Labute approximate surface area is 228 Å². The van der Waals surface area contributed by atoms with Crippen LogP contribution in [0.4, 0.5) is 0 Å². The number of benzene rings is 2. The lowest BCUT2D eigenvalue weighted by atomic mass is 9.95. The number of carbonyl (C=O) groups excluding carboxylic acids is 1. The van der Waals surface area contributed by atoms with Gasteiger partial charge in [0.25, 0.3) is 5.56 Å². The fourth-order valence-electron chi connectivity index (χ4n) is 4.62. The van der Waals surface area contributed by atoms with Crippen molar-refractivity contribution in [2.24, 2.45) is 0 Å². The van der Waals surface area contributed by atoms with E-state index in [4.69, 9.17) is 21.9 Å². The van der Waals surface area contributed by atoms with Crippen LogP contribution in [0, 0.1) is 3.95 Å². The van der Waals surface area contributed by atoms with E-state index in [9.17, 15) is 9.59 Å². The Hall–Kier alpha value is -2.95. The molecule has 2 aromatic heterocycles. The van der Waals surface area contributed by atoms with Gasteiger partial charge in [0.15, 0.2) is 14.8 Å². The number of hydrogen-bond donors (Lipinski definition) is 1. The van der Waals surface area contributed by atoms with Gasteiger partial charge in [-0.15, -0.1) is 0 Å². The number of ether oxygens (including phenoxy) is 1. The SMILES string of the molecule is CCOc1ccccc1-n1c(=S)sc2c(=O)n(-c3ccccc3)c(SCC(=O)NC3CCCCC3)nc21. The van der Waals surface area contributed by atoms with Crippen LogP contribution < -0.4 is 15.6 Å². The summed E-state index contributed by atoms with van der Waals surface area (Å²) in [6.07, 6.45) is 5.56. The van der Waals surface area contributed by atoms with Gasteiger partial charge in [0, 0.05) is 6.04 Å². The summed E-state index contributed by atoms with van der Waals surface area (Å²) in [6.45, 7) is 2.42. The number of amides is 1. The van der Waals surface area contributed by atoms with Crippen LogP contribution in [-0.4, -0.2) is 38.4 Å². The Morgan fingerprint density at radius 3 is 2.59 bits per heavy atom. The van der Waals surface area contributed by atoms with E-state index < -0.39 is 0 Å². The van der Waals surface area contributed by atoms with Gasteiger partial charge in [-0.25, -0.2) is 4.98 Å². The molecule has 2 heterocycles. The number of carbonyl (C=O) groups is 1. The van der Waals surface area contributed by atoms with Crippen LogP contribution in [0.3, 0.4) is 0 Å². The van der Waals surface area contributed by atoms with Crippen LogP contribution in [0.25, 0.3) is 21.7 Å². The van der Waals surface area contributed by atoms with Crippen LogP contribution in [0.2, 0.25) is 0 Å². The van der Waals surface area contributed by atoms with Gasteiger partial charge in [-0.05, 0) is 56.2 Å². The van der Waals surface area contributed by atoms with E-state index in [0.717, 1.165) is 31.4 Å². The largest absolute Gasteiger partial charge is 0.492 e. The number of nitrogens with zero attached hydrogens (tertiary/aromatic N) is 3. The summed E-state index contributed by atoms with van der Waals surface area (Å²) in [6, 6.07) is 17.2. The lowest BCUT2D eigenvalue weighted by molar-refractivity contribution is -0.119. The molecule has 0 aliphatic heterocycles. The van der Waals surface area contributed by atoms with Gasteiger partial charge in [0.1, 0.15) is 10.4 Å². The molecule has 2 aromatic carbocycles. The molecule has 0 radical (unpaired) electrons. The highest BCUT2D eigenvalue weighted by atomic mass is 32.2. The number of thioether (sulfide) groups is 1. The van der Waals surface area contributed by atoms with Crippen molar-refractivity contribution in [1.82, 2.24) is 19.4 Å². The third-order valence-corrected chi connectivity index (χ3v) is 8.59. The monoisotopic (exact) mass is 552 g/mol. The Kier molecular flexibility index (Phi) is 8.07. The molecule has 5 rings (SSSR count). The highest BCUT2D eigenvalue weighted by Gasteiger charge is 2.22. The first-order valence-electron chi connectivity index (χ1n) is 12.4. The number of para-hydroxylation sites is 3. The molecule has 0 saturated heterocycles. The zero-order chi connectivity index (χ0) is 25.8. The standard InChI is InChI=1S/C27H28N4O3S3/c1-2-34-21-16-10-9-15-20(21)31-24-23(37-27(31)35)25(33)30(19-13-7-4-8-14-19)26(29-24)36-17-22(32)28-18-11-5-3-6-12-18/h4,7-10,13-16,18H,2-3,5-6,11-12,17H2,1H3,(H,28,32). The van der Waals surface area contributed by atoms with Gasteiger partial charge in [-0.1, -0.05) is 72.7 Å². The second-order valence-electron chi connectivity index (χ2n) is 8.82. The normalized spacial score (nSPS) is 14.1. The number of thiazole rings is 1. The lowest BCUT2D eigenvalue weighted by Crippen LogP contribution is -2.37. The topological polar surface area (TPSA) is 78.1 Å². The Bertz CT molecular complexity index is 1520. The second kappa shape index (κ2) is 11.6. The van der Waals surface area contributed by atoms with Crippen molar-refractivity contribution in [3.05, 3.63) is 68.9 Å². The van der Waals surface area contributed by atoms with Crippen molar-refractivity contribution in [3.63, 3.8) is 0 Å². The Balaban J connectivity index is 1.59. The first-order valence-corrected chi connectivity index (χ1v) is 14.7. The number of nitrogens with one attached hydrogen (secondary N) is 1. The molecule has 1 fully saturated rings. The fourth-order valence-corrected chi connectivity index (χ4v) is 6.72. The van der Waals surface area contributed by atoms with E-state index in [1.54, 1.807) is 9.13 Å². The maximum absolute atomic E-state index is 13.8. The minimum atomic E-state index is -0.213. The predicted octanol–water partition coefficient (Wildman–Crippen LogP) is 5.91. The van der Waals surface area contributed by atoms with Gasteiger partial charge in [-0.3, -0.25) is 18.7 Å². The summed E-state index contributed by atoms with van der Waals surface area (Å²) in [7, 11) is 0. The summed E-state index contributed by atoms with van der Waals surface area (Å²) < 4.78 is 10.2. The van der Waals surface area contributed by atoms with Crippen LogP contribution in [0.5, 0.6) is 5.75 Å². The van der Waals surface area contributed by atoms with Crippen molar-refractivity contribution in [2.45, 2.75) is 50.2 Å². The van der Waals surface area contributed by atoms with Crippen molar-refractivity contribution >= 4 is 51.6 Å². The second-order valence-corrected chi connectivity index (χ2v) is 11.4. The molecule has 1 aliphatic carbocycles. The predicted molar refractivity (Wildman–Crippen MR) is 152 cm³/mol. The number of hydrogen-bond acceptors (Lipinski definition) is 7. The molecule has 0 atom stereocenters. The fraction of sp³-hybridized carbons (Fsp3) is 0.333. The summed E-state index contributed by atoms with van der Waals surface area (Å²) in [5.74, 6) is 0.785. The molecule has 7 nitrogen and oxygen atoms in total. The zero-order valence-corrected chi connectivity index (χ0v) is 23.0. The average Bonchev–Trinajstić information content (AvgIpc) is 3.25. The van der Waals surface area contributed by atoms with Gasteiger partial charge >= 0.3 is 0 Å². The van der Waals surface area contributed by atoms with Crippen molar-refractivity contribution in [1.29, 1.82) is 0 Å². The molecule has 0 unspecified atom stereocenters. The number of rotatable bonds is 8. The van der Waals surface area contributed by atoms with Crippen molar-refractivity contribution in [3.8, 4) is 17.1 Å². The molecule has 10 heteroatoms. The molecular weight excluding hydrogens is 525 g/mol. The van der Waals surface area contributed by atoms with E-state index >= 15 is 0 Å². The minimum Gasteiger partial charge on any atom is -0.492 e. The maximum Gasteiger partial charge on any atom is 0.278 e. The molecule has 1 aliphatic rings. The molecule has 37 heavy (non-hydrogen) atoms. The number of aromatic nitrogens is 3. The summed E-state index contributed by atoms with van der Waals surface area (Å²) in [4.78, 5) is 31.6. The van der Waals surface area contributed by atoms with E-state index in [-0.39, 0.29) is 23.3 Å². The van der Waals surface area contributed by atoms with Crippen LogP contribution in [0.1, 0.15) is 39.0 Å². The summed E-state index contributed by atoms with van der Waals surface area (Å²) in [5.41, 5.74) is 1.68. The molecule has 4 aromatic rings. The van der Waals surface area contributed by atoms with Gasteiger partial charge in [0.2, 0.25) is 5.91 Å². The molecule has 1 saturated carbocycles. The maximum atomic E-state index is 13.8. The first kappa shape index (κ1) is 25.7. The van der Waals surface area contributed by atoms with Gasteiger partial charge < -0.3 is 10.1 Å². The molecule has 0 bridgehead atoms. The third-order valence-electron chi connectivity index (χ3n) is 6.30. The first-order chi connectivity index (χ1) is 18.1. The van der Waals surface area contributed by atoms with Crippen LogP contribution >= 0.6 is 35.3 Å². The molecular formula is C27H28N4O3S3. The average molecular weight is 553 g/mol. The van der Waals surface area contributed by atoms with Crippen LogP contribution in [-0.2, 0) is 4.79 Å². The number of fused-ring (bicyclic) bond motifs is 1. The van der Waals surface area contributed by atoms with Crippen molar-refractivity contribution in [2.75, 3.05) is 12.4 Å². The van der Waals surface area contributed by atoms with E-state index in [1.807, 2.05) is 61.5 Å². The highest BCUT2D eigenvalue weighted by molar-refractivity contribution is 7.99. The van der Waals surface area contributed by atoms with Gasteiger partial charge in [-0.2, -0.15) is 0 Å². The Morgan fingerprint density at radius 1 is 1.11 bits per heavy atom. The van der Waals surface area contributed by atoms with E-state index in [2.05, 4.69) is 5.32 Å². The van der Waals surface area contributed by atoms with Crippen LogP contribution in [0.15, 0.2) is 64.5 Å². The lowest BCUT2D eigenvalue weighted by Gasteiger charge is -2.22. The van der Waals surface area contributed by atoms with E-state index in [0.29, 0.717) is 37.5 Å². The molecule has 0 spiro atoms. The summed E-state index contributed by atoms with van der Waals surface area (Å²) >= 11 is 8.20. The third kappa shape index (κ3) is 5.51.